The molecule has 1 aliphatic rings. The fourth-order valence-corrected chi connectivity index (χ4v) is 3.75. The molecule has 2 heterocycles. The molecule has 162 valence electrons. The summed E-state index contributed by atoms with van der Waals surface area (Å²) in [7, 11) is 0. The highest BCUT2D eigenvalue weighted by atomic mass is 19.4. The number of aryl methyl sites for hydroxylation is 2. The highest BCUT2D eigenvalue weighted by Gasteiger charge is 2.76. The average Bonchev–Trinajstić information content (AvgIpc) is 3.19. The van der Waals surface area contributed by atoms with Crippen LogP contribution in [0.15, 0.2) is 53.5 Å². The summed E-state index contributed by atoms with van der Waals surface area (Å²) in [4.78, 5) is 7.04. The Kier molecular flexibility index (Phi) is 4.57. The highest BCUT2D eigenvalue weighted by molar-refractivity contribution is 5.94. The van der Waals surface area contributed by atoms with Crippen molar-refractivity contribution in [2.24, 2.45) is 4.99 Å². The summed E-state index contributed by atoms with van der Waals surface area (Å²) in [5, 5.41) is 0. The fourth-order valence-electron chi connectivity index (χ4n) is 3.75. The largest absolute Gasteiger partial charge is 0.430 e. The monoisotopic (exact) mass is 437 g/mol. The molecule has 2 aromatic carbocycles. The minimum Gasteiger partial charge on any atom is -0.281 e. The van der Waals surface area contributed by atoms with Gasteiger partial charge in [0.25, 0.3) is 0 Å². The molecule has 0 saturated carbocycles. The van der Waals surface area contributed by atoms with Gasteiger partial charge in [-0.2, -0.15) is 26.3 Å². The Hall–Kier alpha value is -3.10. The number of hydrogen-bond donors (Lipinski definition) is 0. The van der Waals surface area contributed by atoms with Crippen molar-refractivity contribution < 1.29 is 26.3 Å². The van der Waals surface area contributed by atoms with Crippen molar-refractivity contribution in [2.75, 3.05) is 0 Å². The Labute approximate surface area is 174 Å². The van der Waals surface area contributed by atoms with E-state index in [0.29, 0.717) is 11.1 Å². The first-order valence-corrected chi connectivity index (χ1v) is 9.34. The Morgan fingerprint density at radius 1 is 0.710 bits per heavy atom. The maximum absolute atomic E-state index is 13.9. The van der Waals surface area contributed by atoms with E-state index in [1.54, 1.807) is 48.5 Å². The van der Waals surface area contributed by atoms with E-state index in [-0.39, 0.29) is 11.4 Å². The van der Waals surface area contributed by atoms with Crippen LogP contribution in [-0.2, 0) is 5.54 Å². The van der Waals surface area contributed by atoms with Gasteiger partial charge >= 0.3 is 17.9 Å². The van der Waals surface area contributed by atoms with Crippen LogP contribution in [0.2, 0.25) is 0 Å². The number of hydrogen-bond acceptors (Lipinski definition) is 2. The maximum Gasteiger partial charge on any atom is 0.430 e. The summed E-state index contributed by atoms with van der Waals surface area (Å²) < 4.78 is 84.5. The van der Waals surface area contributed by atoms with Crippen LogP contribution in [0.5, 0.6) is 0 Å². The molecule has 0 radical (unpaired) electrons. The molecule has 31 heavy (non-hydrogen) atoms. The highest BCUT2D eigenvalue weighted by Crippen LogP contribution is 2.56. The van der Waals surface area contributed by atoms with Crippen LogP contribution in [0.3, 0.4) is 0 Å². The van der Waals surface area contributed by atoms with Gasteiger partial charge in [-0.05, 0) is 20.8 Å². The van der Waals surface area contributed by atoms with Gasteiger partial charge in [0.2, 0.25) is 0 Å². The standard InChI is InChI=1S/C22H17F6N3/c1-12-4-8-15(9-5-12)17-18(16-10-6-13(2)7-11-16)31-14(3)30-20(19(31)29-17,21(23,24)25)22(26,27)28/h4-11H,1-3H3. The van der Waals surface area contributed by atoms with E-state index in [4.69, 9.17) is 0 Å². The third-order valence-electron chi connectivity index (χ3n) is 5.32. The molecule has 1 aliphatic heterocycles. The zero-order valence-corrected chi connectivity index (χ0v) is 16.7. The average molecular weight is 437 g/mol. The number of nitrogens with zero attached hydrogens (tertiary/aromatic N) is 3. The molecule has 0 atom stereocenters. The first kappa shape index (κ1) is 21.1. The normalized spacial score (nSPS) is 15.7. The van der Waals surface area contributed by atoms with Crippen molar-refractivity contribution in [1.29, 1.82) is 0 Å². The molecule has 0 spiro atoms. The Balaban J connectivity index is 2.11. The number of halogens is 6. The topological polar surface area (TPSA) is 30.2 Å². The molecule has 0 aliphatic carbocycles. The SMILES string of the molecule is CC1=NC(C(F)(F)F)(C(F)(F)F)c2nc(-c3ccc(C)cc3)c(-c3ccc(C)cc3)n21. The summed E-state index contributed by atoms with van der Waals surface area (Å²) in [5.41, 5.74) is -1.62. The van der Waals surface area contributed by atoms with Crippen molar-refractivity contribution in [2.45, 2.75) is 38.7 Å². The molecular weight excluding hydrogens is 420 g/mol. The summed E-state index contributed by atoms with van der Waals surface area (Å²) >= 11 is 0. The number of alkyl halides is 6. The maximum atomic E-state index is 13.9. The first-order valence-electron chi connectivity index (χ1n) is 9.34. The molecule has 0 saturated heterocycles. The zero-order chi connectivity index (χ0) is 22.8. The zero-order valence-electron chi connectivity index (χ0n) is 16.7. The van der Waals surface area contributed by atoms with Gasteiger partial charge in [0.1, 0.15) is 5.84 Å². The van der Waals surface area contributed by atoms with Crippen molar-refractivity contribution in [1.82, 2.24) is 9.55 Å². The fraction of sp³-hybridized carbons (Fsp3) is 0.273. The summed E-state index contributed by atoms with van der Waals surface area (Å²) in [6.07, 6.45) is -11.4. The van der Waals surface area contributed by atoms with E-state index in [1.807, 2.05) is 13.8 Å². The van der Waals surface area contributed by atoms with Gasteiger partial charge in [-0.3, -0.25) is 4.57 Å². The third-order valence-corrected chi connectivity index (χ3v) is 5.32. The summed E-state index contributed by atoms with van der Waals surface area (Å²) in [5.74, 6) is -1.62. The summed E-state index contributed by atoms with van der Waals surface area (Å²) in [6.45, 7) is 4.78. The molecule has 4 rings (SSSR count). The van der Waals surface area contributed by atoms with E-state index in [0.717, 1.165) is 22.6 Å². The smallest absolute Gasteiger partial charge is 0.281 e. The van der Waals surface area contributed by atoms with Gasteiger partial charge in [0.15, 0.2) is 5.82 Å². The Bertz CT molecular complexity index is 1150. The van der Waals surface area contributed by atoms with Gasteiger partial charge in [-0.15, -0.1) is 0 Å². The van der Waals surface area contributed by atoms with E-state index in [2.05, 4.69) is 9.98 Å². The number of fused-ring (bicyclic) bond motifs is 1. The second kappa shape index (κ2) is 6.70. The molecule has 0 amide bonds. The second-order valence-corrected chi connectivity index (χ2v) is 7.57. The molecule has 0 N–H and O–H groups in total. The van der Waals surface area contributed by atoms with Crippen molar-refractivity contribution in [3.8, 4) is 22.5 Å². The molecule has 3 aromatic rings. The van der Waals surface area contributed by atoms with Crippen LogP contribution in [0.1, 0.15) is 23.9 Å². The Morgan fingerprint density at radius 2 is 1.16 bits per heavy atom. The molecule has 0 fully saturated rings. The third kappa shape index (κ3) is 3.05. The van der Waals surface area contributed by atoms with Gasteiger partial charge in [0.05, 0.1) is 11.4 Å². The predicted molar refractivity (Wildman–Crippen MR) is 105 cm³/mol. The number of imidazole rings is 1. The number of aliphatic imine (C=N–C) groups is 1. The van der Waals surface area contributed by atoms with E-state index in [1.165, 1.54) is 0 Å². The van der Waals surface area contributed by atoms with Crippen LogP contribution in [0.4, 0.5) is 26.3 Å². The van der Waals surface area contributed by atoms with Crippen molar-refractivity contribution >= 4 is 5.84 Å². The molecule has 0 unspecified atom stereocenters. The van der Waals surface area contributed by atoms with Crippen LogP contribution in [0.25, 0.3) is 22.5 Å². The molecule has 3 nitrogen and oxygen atoms in total. The number of rotatable bonds is 2. The molecule has 1 aromatic heterocycles. The van der Waals surface area contributed by atoms with E-state index >= 15 is 0 Å². The van der Waals surface area contributed by atoms with Crippen molar-refractivity contribution in [3.63, 3.8) is 0 Å². The van der Waals surface area contributed by atoms with Gasteiger partial charge in [-0.25, -0.2) is 9.98 Å². The quantitative estimate of drug-likeness (QED) is 0.425. The summed E-state index contributed by atoms with van der Waals surface area (Å²) in [6, 6.07) is 13.5. The van der Waals surface area contributed by atoms with Crippen molar-refractivity contribution in [3.05, 3.63) is 65.5 Å². The minimum absolute atomic E-state index is 0.0333. The van der Waals surface area contributed by atoms with Crippen LogP contribution in [-0.4, -0.2) is 27.7 Å². The lowest BCUT2D eigenvalue weighted by atomic mass is 9.98. The van der Waals surface area contributed by atoms with E-state index in [9.17, 15) is 26.3 Å². The van der Waals surface area contributed by atoms with Gasteiger partial charge < -0.3 is 0 Å². The lowest BCUT2D eigenvalue weighted by Crippen LogP contribution is -2.52. The van der Waals surface area contributed by atoms with Crippen LogP contribution in [0, 0.1) is 13.8 Å². The lowest BCUT2D eigenvalue weighted by molar-refractivity contribution is -0.301. The second-order valence-electron chi connectivity index (χ2n) is 7.57. The lowest BCUT2D eigenvalue weighted by Gasteiger charge is -2.29. The van der Waals surface area contributed by atoms with E-state index < -0.39 is 29.6 Å². The van der Waals surface area contributed by atoms with Gasteiger partial charge in [-0.1, -0.05) is 59.7 Å². The van der Waals surface area contributed by atoms with Crippen LogP contribution >= 0.6 is 0 Å². The Morgan fingerprint density at radius 3 is 1.61 bits per heavy atom. The predicted octanol–water partition coefficient (Wildman–Crippen LogP) is 6.43. The number of benzene rings is 2. The molecular formula is C22H17F6N3. The van der Waals surface area contributed by atoms with Crippen LogP contribution < -0.4 is 0 Å². The molecule has 0 bridgehead atoms. The first-order chi connectivity index (χ1) is 14.4. The van der Waals surface area contributed by atoms with Gasteiger partial charge in [0, 0.05) is 11.1 Å². The molecule has 9 heteroatoms. The minimum atomic E-state index is -5.72. The number of aromatic nitrogens is 2.